The molecule has 3 atom stereocenters. The molecular formula is C26H51N7O2S. The van der Waals surface area contributed by atoms with E-state index in [1.807, 2.05) is 20.1 Å². The molecule has 10 heteroatoms. The molecular weight excluding hydrogens is 474 g/mol. The molecule has 0 saturated heterocycles. The molecule has 208 valence electrons. The van der Waals surface area contributed by atoms with Crippen molar-refractivity contribution in [1.29, 1.82) is 5.41 Å². The lowest BCUT2D eigenvalue weighted by atomic mass is 9.97. The van der Waals surface area contributed by atoms with E-state index in [-0.39, 0.29) is 28.5 Å². The maximum absolute atomic E-state index is 12.0. The van der Waals surface area contributed by atoms with Gasteiger partial charge in [0.15, 0.2) is 5.17 Å². The summed E-state index contributed by atoms with van der Waals surface area (Å²) in [5, 5.41) is 19.6. The maximum Gasteiger partial charge on any atom is 0.240 e. The van der Waals surface area contributed by atoms with Gasteiger partial charge in [0.25, 0.3) is 0 Å². The Balaban J connectivity index is 4.14. The number of amidine groups is 1. The molecule has 0 aliphatic carbocycles. The van der Waals surface area contributed by atoms with Gasteiger partial charge in [0.1, 0.15) is 6.04 Å². The molecule has 0 bridgehead atoms. The van der Waals surface area contributed by atoms with Crippen molar-refractivity contribution < 1.29 is 9.59 Å². The zero-order chi connectivity index (χ0) is 27.6. The molecule has 36 heavy (non-hydrogen) atoms. The van der Waals surface area contributed by atoms with Gasteiger partial charge in [-0.3, -0.25) is 20.4 Å². The van der Waals surface area contributed by atoms with Gasteiger partial charge in [0.05, 0.1) is 6.54 Å². The van der Waals surface area contributed by atoms with Crippen LogP contribution in [0.2, 0.25) is 0 Å². The largest absolute Gasteiger partial charge is 0.368 e. The van der Waals surface area contributed by atoms with E-state index >= 15 is 0 Å². The van der Waals surface area contributed by atoms with Crippen molar-refractivity contribution in [3.63, 3.8) is 0 Å². The SMILES string of the molecule is CCCC(CC)(CC)SC(=N)N=C[C@@H](C)C[C@H](C)NN=NCCCCCC(=O)NC(C(N)=O)C(C)C. The van der Waals surface area contributed by atoms with E-state index in [1.165, 1.54) is 0 Å². The van der Waals surface area contributed by atoms with Crippen LogP contribution in [-0.4, -0.2) is 46.6 Å². The Morgan fingerprint density at radius 1 is 1.08 bits per heavy atom. The molecule has 0 aliphatic heterocycles. The van der Waals surface area contributed by atoms with Crippen LogP contribution in [-0.2, 0) is 9.59 Å². The first-order valence-electron chi connectivity index (χ1n) is 13.5. The second-order valence-electron chi connectivity index (χ2n) is 10.0. The highest BCUT2D eigenvalue weighted by molar-refractivity contribution is 8.14. The minimum atomic E-state index is -0.619. The maximum atomic E-state index is 12.0. The van der Waals surface area contributed by atoms with Crippen molar-refractivity contribution in [2.24, 2.45) is 32.9 Å². The molecule has 0 saturated carbocycles. The first kappa shape index (κ1) is 34.0. The number of aliphatic imine (C=N–C) groups is 1. The lowest BCUT2D eigenvalue weighted by Crippen LogP contribution is -2.47. The number of nitrogens with one attached hydrogen (secondary N) is 3. The van der Waals surface area contributed by atoms with E-state index in [1.54, 1.807) is 11.8 Å². The van der Waals surface area contributed by atoms with Crippen molar-refractivity contribution in [2.45, 2.75) is 123 Å². The number of hydrogen-bond donors (Lipinski definition) is 4. The van der Waals surface area contributed by atoms with E-state index in [0.29, 0.717) is 18.1 Å². The van der Waals surface area contributed by atoms with Crippen molar-refractivity contribution in [1.82, 2.24) is 10.7 Å². The first-order chi connectivity index (χ1) is 17.0. The molecule has 0 aromatic carbocycles. The number of nitrogens with zero attached hydrogens (tertiary/aromatic N) is 3. The number of thioether (sulfide) groups is 1. The van der Waals surface area contributed by atoms with Gasteiger partial charge in [-0.25, -0.2) is 4.99 Å². The first-order valence-corrected chi connectivity index (χ1v) is 14.3. The standard InChI is InChI=1S/C26H51N7O2S/c1-8-15-26(9-2,10-3)36-25(28)29-18-20(6)17-21(7)32-33-30-16-13-11-12-14-22(34)31-23(19(4)5)24(27)35/h18-21,23,28H,8-17H2,1-7H3,(H2,27,35)(H,30,32)(H,31,34)/t20-,21-,23?/m0/s1. The number of primary amides is 1. The molecule has 0 rings (SSSR count). The number of nitrogens with two attached hydrogens (primary N) is 1. The molecule has 0 spiro atoms. The Morgan fingerprint density at radius 3 is 2.31 bits per heavy atom. The van der Waals surface area contributed by atoms with Crippen molar-refractivity contribution in [3.8, 4) is 0 Å². The van der Waals surface area contributed by atoms with Gasteiger partial charge in [0.2, 0.25) is 11.8 Å². The van der Waals surface area contributed by atoms with Crippen LogP contribution in [0.4, 0.5) is 0 Å². The summed E-state index contributed by atoms with van der Waals surface area (Å²) in [5.41, 5.74) is 8.38. The minimum Gasteiger partial charge on any atom is -0.368 e. The molecule has 0 radical (unpaired) electrons. The normalized spacial score (nSPS) is 14.8. The summed E-state index contributed by atoms with van der Waals surface area (Å²) in [4.78, 5) is 27.7. The van der Waals surface area contributed by atoms with Gasteiger partial charge >= 0.3 is 0 Å². The molecule has 0 aliphatic rings. The summed E-state index contributed by atoms with van der Waals surface area (Å²) in [6, 6.07) is -0.475. The van der Waals surface area contributed by atoms with Crippen LogP contribution < -0.4 is 16.5 Å². The Labute approximate surface area is 223 Å². The third kappa shape index (κ3) is 15.2. The average molecular weight is 526 g/mol. The highest BCUT2D eigenvalue weighted by Crippen LogP contribution is 2.37. The predicted molar refractivity (Wildman–Crippen MR) is 153 cm³/mol. The Hall–Kier alpha value is -1.97. The number of carbonyl (C=O) groups excluding carboxylic acids is 2. The summed E-state index contributed by atoms with van der Waals surface area (Å²) in [6.45, 7) is 15.0. The Kier molecular flexibility index (Phi) is 18.1. The quantitative estimate of drug-likeness (QED) is 0.0568. The third-order valence-corrected chi connectivity index (χ3v) is 7.79. The smallest absolute Gasteiger partial charge is 0.240 e. The summed E-state index contributed by atoms with van der Waals surface area (Å²) in [6.07, 6.45) is 9.84. The van der Waals surface area contributed by atoms with E-state index in [0.717, 1.165) is 51.4 Å². The van der Waals surface area contributed by atoms with Gasteiger partial charge in [-0.15, -0.1) is 0 Å². The molecule has 9 nitrogen and oxygen atoms in total. The lowest BCUT2D eigenvalue weighted by molar-refractivity contribution is -0.128. The zero-order valence-electron chi connectivity index (χ0n) is 23.6. The van der Waals surface area contributed by atoms with E-state index in [2.05, 4.69) is 60.7 Å². The van der Waals surface area contributed by atoms with Crippen molar-refractivity contribution in [3.05, 3.63) is 0 Å². The highest BCUT2D eigenvalue weighted by atomic mass is 32.2. The number of amides is 2. The summed E-state index contributed by atoms with van der Waals surface area (Å²) in [5.74, 6) is -0.449. The van der Waals surface area contributed by atoms with Crippen LogP contribution in [0.15, 0.2) is 15.3 Å². The van der Waals surface area contributed by atoms with Crippen molar-refractivity contribution >= 4 is 35.0 Å². The number of carbonyl (C=O) groups is 2. The van der Waals surface area contributed by atoms with Gasteiger partial charge in [-0.05, 0) is 57.3 Å². The fourth-order valence-electron chi connectivity index (χ4n) is 4.00. The summed E-state index contributed by atoms with van der Waals surface area (Å²) < 4.78 is 0.121. The van der Waals surface area contributed by atoms with E-state index in [9.17, 15) is 9.59 Å². The van der Waals surface area contributed by atoms with Crippen LogP contribution in [0.3, 0.4) is 0 Å². The molecule has 2 amide bonds. The fraction of sp³-hybridized carbons (Fsp3) is 0.846. The van der Waals surface area contributed by atoms with E-state index < -0.39 is 11.9 Å². The van der Waals surface area contributed by atoms with Crippen molar-refractivity contribution in [2.75, 3.05) is 6.54 Å². The van der Waals surface area contributed by atoms with E-state index in [4.69, 9.17) is 11.1 Å². The monoisotopic (exact) mass is 525 g/mol. The Bertz CT molecular complexity index is 708. The molecule has 1 unspecified atom stereocenters. The zero-order valence-corrected chi connectivity index (χ0v) is 24.4. The summed E-state index contributed by atoms with van der Waals surface area (Å²) in [7, 11) is 0. The topological polar surface area (TPSA) is 145 Å². The molecule has 0 aromatic heterocycles. The second kappa shape index (κ2) is 19.2. The molecule has 0 aromatic rings. The molecule has 0 fully saturated rings. The van der Waals surface area contributed by atoms with Crippen LogP contribution in [0, 0.1) is 17.2 Å². The summed E-state index contributed by atoms with van der Waals surface area (Å²) >= 11 is 1.60. The predicted octanol–water partition coefficient (Wildman–Crippen LogP) is 5.64. The highest BCUT2D eigenvalue weighted by Gasteiger charge is 2.27. The third-order valence-electron chi connectivity index (χ3n) is 6.28. The second-order valence-corrected chi connectivity index (χ2v) is 11.5. The Morgan fingerprint density at radius 2 is 1.75 bits per heavy atom. The number of rotatable bonds is 19. The van der Waals surface area contributed by atoms with Gasteiger partial charge in [-0.1, -0.05) is 71.4 Å². The van der Waals surface area contributed by atoms with Gasteiger partial charge in [-0.2, -0.15) is 5.11 Å². The molecule has 0 heterocycles. The fourth-order valence-corrected chi connectivity index (χ4v) is 5.12. The van der Waals surface area contributed by atoms with Crippen LogP contribution in [0.5, 0.6) is 0 Å². The number of hydrogen-bond acceptors (Lipinski definition) is 6. The molecule has 5 N–H and O–H groups in total. The minimum absolute atomic E-state index is 0.0260. The van der Waals surface area contributed by atoms with Gasteiger partial charge < -0.3 is 11.1 Å². The average Bonchev–Trinajstić information content (AvgIpc) is 2.82. The van der Waals surface area contributed by atoms with Crippen LogP contribution >= 0.6 is 11.8 Å². The van der Waals surface area contributed by atoms with Crippen LogP contribution in [0.25, 0.3) is 0 Å². The lowest BCUT2D eigenvalue weighted by Gasteiger charge is -2.29. The number of unbranched alkanes of at least 4 members (excludes halogenated alkanes) is 2. The van der Waals surface area contributed by atoms with Crippen LogP contribution in [0.1, 0.15) is 106 Å². The van der Waals surface area contributed by atoms with Gasteiger partial charge in [0, 0.05) is 23.4 Å².